The minimum Gasteiger partial charge on any atom is -0.285 e. The van der Waals surface area contributed by atoms with Gasteiger partial charge < -0.3 is 0 Å². The largest absolute Gasteiger partial charge is 0.285 e. The van der Waals surface area contributed by atoms with Gasteiger partial charge in [-0.15, -0.1) is 0 Å². The summed E-state index contributed by atoms with van der Waals surface area (Å²) in [6.07, 6.45) is 1.03. The van der Waals surface area contributed by atoms with Crippen LogP contribution >= 0.6 is 0 Å². The molecule has 0 aliphatic carbocycles. The van der Waals surface area contributed by atoms with Crippen LogP contribution < -0.4 is 0 Å². The van der Waals surface area contributed by atoms with Gasteiger partial charge in [0, 0.05) is 5.39 Å². The first-order valence-electron chi connectivity index (χ1n) is 5.84. The first-order valence-corrected chi connectivity index (χ1v) is 7.34. The highest BCUT2D eigenvalue weighted by Crippen LogP contribution is 2.26. The van der Waals surface area contributed by atoms with E-state index in [1.807, 2.05) is 37.3 Å². The van der Waals surface area contributed by atoms with E-state index in [-0.39, 0.29) is 0 Å². The van der Waals surface area contributed by atoms with Crippen molar-refractivity contribution in [1.29, 1.82) is 0 Å². The molecule has 1 aromatic carbocycles. The molecule has 2 aromatic rings. The number of fused-ring (bicyclic) bond motifs is 1. The van der Waals surface area contributed by atoms with Gasteiger partial charge in [-0.05, 0) is 18.6 Å². The molecule has 4 nitrogen and oxygen atoms in total. The van der Waals surface area contributed by atoms with E-state index in [9.17, 15) is 13.0 Å². The van der Waals surface area contributed by atoms with Crippen LogP contribution in [0.4, 0.5) is 0 Å². The zero-order valence-corrected chi connectivity index (χ0v) is 10.9. The Morgan fingerprint density at radius 1 is 1.22 bits per heavy atom. The highest BCUT2D eigenvalue weighted by Gasteiger charge is 2.25. The molecule has 0 aliphatic rings. The summed E-state index contributed by atoms with van der Waals surface area (Å²) in [6, 6.07) is 11.0. The second kappa shape index (κ2) is 5.04. The molecule has 1 unspecified atom stereocenters. The SMILES string of the molecule is CCCC(c1ccc2ccccc2n1)S(=O)(=O)O. The number of rotatable bonds is 4. The molecule has 0 saturated heterocycles. The van der Waals surface area contributed by atoms with Gasteiger partial charge in [0.25, 0.3) is 10.1 Å². The lowest BCUT2D eigenvalue weighted by Gasteiger charge is -2.12. The second-order valence-electron chi connectivity index (χ2n) is 4.22. The third kappa shape index (κ3) is 2.68. The summed E-state index contributed by atoms with van der Waals surface area (Å²) >= 11 is 0. The van der Waals surface area contributed by atoms with E-state index in [2.05, 4.69) is 4.98 Å². The Labute approximate surface area is 106 Å². The zero-order chi connectivity index (χ0) is 13.2. The van der Waals surface area contributed by atoms with Gasteiger partial charge in [-0.1, -0.05) is 37.6 Å². The summed E-state index contributed by atoms with van der Waals surface area (Å²) in [4.78, 5) is 4.32. The van der Waals surface area contributed by atoms with E-state index in [0.717, 1.165) is 10.9 Å². The Balaban J connectivity index is 2.51. The summed E-state index contributed by atoms with van der Waals surface area (Å²) in [5.74, 6) is 0. The van der Waals surface area contributed by atoms with Crippen LogP contribution in [-0.4, -0.2) is 18.0 Å². The molecule has 1 N–H and O–H groups in total. The fourth-order valence-corrected chi connectivity index (χ4v) is 2.94. The summed E-state index contributed by atoms with van der Waals surface area (Å²) in [7, 11) is -4.11. The fraction of sp³-hybridized carbons (Fsp3) is 0.308. The Hall–Kier alpha value is -1.46. The van der Waals surface area contributed by atoms with Crippen molar-refractivity contribution in [2.75, 3.05) is 0 Å². The number of hydrogen-bond donors (Lipinski definition) is 1. The predicted octanol–water partition coefficient (Wildman–Crippen LogP) is 2.96. The molecule has 0 radical (unpaired) electrons. The first kappa shape index (κ1) is 13.0. The Bertz CT molecular complexity index is 652. The lowest BCUT2D eigenvalue weighted by Crippen LogP contribution is -2.13. The number of aromatic nitrogens is 1. The fourth-order valence-electron chi connectivity index (χ4n) is 1.97. The molecule has 0 amide bonds. The van der Waals surface area contributed by atoms with Crippen molar-refractivity contribution in [1.82, 2.24) is 4.98 Å². The molecule has 0 spiro atoms. The Kier molecular flexibility index (Phi) is 3.63. The molecule has 0 saturated carbocycles. The highest BCUT2D eigenvalue weighted by atomic mass is 32.2. The molecule has 1 aromatic heterocycles. The van der Waals surface area contributed by atoms with Crippen molar-refractivity contribution in [3.8, 4) is 0 Å². The van der Waals surface area contributed by atoms with Crippen molar-refractivity contribution in [2.45, 2.75) is 25.0 Å². The van der Waals surface area contributed by atoms with Crippen LogP contribution in [0.15, 0.2) is 36.4 Å². The molecular weight excluding hydrogens is 250 g/mol. The van der Waals surface area contributed by atoms with Crippen LogP contribution in [0, 0.1) is 0 Å². The number of para-hydroxylation sites is 1. The van der Waals surface area contributed by atoms with Crippen LogP contribution in [0.25, 0.3) is 10.9 Å². The van der Waals surface area contributed by atoms with Crippen LogP contribution in [0.3, 0.4) is 0 Å². The average molecular weight is 265 g/mol. The van der Waals surface area contributed by atoms with Crippen molar-refractivity contribution in [3.05, 3.63) is 42.1 Å². The van der Waals surface area contributed by atoms with Gasteiger partial charge in [0.1, 0.15) is 5.25 Å². The number of pyridine rings is 1. The van der Waals surface area contributed by atoms with Crippen LogP contribution in [0.5, 0.6) is 0 Å². The monoisotopic (exact) mass is 265 g/mol. The van der Waals surface area contributed by atoms with Gasteiger partial charge in [-0.2, -0.15) is 8.42 Å². The average Bonchev–Trinajstić information content (AvgIpc) is 2.34. The predicted molar refractivity (Wildman–Crippen MR) is 70.9 cm³/mol. The summed E-state index contributed by atoms with van der Waals surface area (Å²) in [5.41, 5.74) is 1.14. The number of nitrogens with zero attached hydrogens (tertiary/aromatic N) is 1. The molecule has 1 heterocycles. The van der Waals surface area contributed by atoms with Crippen molar-refractivity contribution in [2.24, 2.45) is 0 Å². The second-order valence-corrected chi connectivity index (χ2v) is 5.82. The number of hydrogen-bond acceptors (Lipinski definition) is 3. The van der Waals surface area contributed by atoms with Gasteiger partial charge >= 0.3 is 0 Å². The topological polar surface area (TPSA) is 67.3 Å². The molecule has 5 heteroatoms. The molecule has 0 aliphatic heterocycles. The molecule has 0 fully saturated rings. The summed E-state index contributed by atoms with van der Waals surface area (Å²) in [5, 5.41) is 0.0129. The molecule has 2 rings (SSSR count). The minimum atomic E-state index is -4.11. The summed E-state index contributed by atoms with van der Waals surface area (Å²) < 4.78 is 32.0. The Morgan fingerprint density at radius 3 is 2.61 bits per heavy atom. The quantitative estimate of drug-likeness (QED) is 0.863. The Morgan fingerprint density at radius 2 is 1.94 bits per heavy atom. The molecule has 1 atom stereocenters. The van der Waals surface area contributed by atoms with E-state index in [4.69, 9.17) is 0 Å². The van der Waals surface area contributed by atoms with Gasteiger partial charge in [0.05, 0.1) is 11.2 Å². The standard InChI is InChI=1S/C13H15NO3S/c1-2-5-13(18(15,16)17)12-9-8-10-6-3-4-7-11(10)14-12/h3-4,6-9,13H,2,5H2,1H3,(H,15,16,17). The van der Waals surface area contributed by atoms with Gasteiger partial charge in [-0.3, -0.25) is 9.54 Å². The van der Waals surface area contributed by atoms with Gasteiger partial charge in [0.2, 0.25) is 0 Å². The minimum absolute atomic E-state index is 0.365. The first-order chi connectivity index (χ1) is 8.52. The summed E-state index contributed by atoms with van der Waals surface area (Å²) in [6.45, 7) is 1.87. The molecule has 0 bridgehead atoms. The number of benzene rings is 1. The van der Waals surface area contributed by atoms with Crippen molar-refractivity contribution >= 4 is 21.0 Å². The maximum atomic E-state index is 11.4. The highest BCUT2D eigenvalue weighted by molar-refractivity contribution is 7.86. The van der Waals surface area contributed by atoms with Crippen LogP contribution in [0.1, 0.15) is 30.7 Å². The van der Waals surface area contributed by atoms with E-state index in [1.165, 1.54) is 0 Å². The smallest absolute Gasteiger partial charge is 0.273 e. The lowest BCUT2D eigenvalue weighted by molar-refractivity contribution is 0.462. The van der Waals surface area contributed by atoms with E-state index >= 15 is 0 Å². The normalized spacial score (nSPS) is 13.7. The molecule has 18 heavy (non-hydrogen) atoms. The molecular formula is C13H15NO3S. The van der Waals surface area contributed by atoms with Crippen molar-refractivity contribution in [3.63, 3.8) is 0 Å². The van der Waals surface area contributed by atoms with Crippen LogP contribution in [-0.2, 0) is 10.1 Å². The zero-order valence-electron chi connectivity index (χ0n) is 10.1. The van der Waals surface area contributed by atoms with Crippen LogP contribution in [0.2, 0.25) is 0 Å². The van der Waals surface area contributed by atoms with E-state index < -0.39 is 15.4 Å². The third-order valence-corrected chi connectivity index (χ3v) is 4.06. The van der Waals surface area contributed by atoms with Crippen molar-refractivity contribution < 1.29 is 13.0 Å². The third-order valence-electron chi connectivity index (χ3n) is 2.86. The maximum absolute atomic E-state index is 11.4. The van der Waals surface area contributed by atoms with Gasteiger partial charge in [-0.25, -0.2) is 0 Å². The van der Waals surface area contributed by atoms with Gasteiger partial charge in [0.15, 0.2) is 0 Å². The van der Waals surface area contributed by atoms with E-state index in [0.29, 0.717) is 18.5 Å². The lowest BCUT2D eigenvalue weighted by atomic mass is 10.1. The van der Waals surface area contributed by atoms with E-state index in [1.54, 1.807) is 6.07 Å². The maximum Gasteiger partial charge on any atom is 0.273 e. The molecule has 96 valence electrons.